The van der Waals surface area contributed by atoms with Gasteiger partial charge in [0.15, 0.2) is 0 Å². The molecule has 1 amide bonds. The second-order valence-corrected chi connectivity index (χ2v) is 6.85. The first-order chi connectivity index (χ1) is 10.8. The summed E-state index contributed by atoms with van der Waals surface area (Å²) in [5.74, 6) is 0.217. The van der Waals surface area contributed by atoms with Crippen LogP contribution in [0, 0.1) is 0 Å². The number of carbonyl (C=O) groups excluding carboxylic acids is 1. The normalized spacial score (nSPS) is 21.1. The number of amides is 1. The third kappa shape index (κ3) is 3.88. The molecule has 0 unspecified atom stereocenters. The van der Waals surface area contributed by atoms with Gasteiger partial charge >= 0.3 is 0 Å². The second kappa shape index (κ2) is 8.52. The van der Waals surface area contributed by atoms with Crippen LogP contribution in [0.5, 0.6) is 0 Å². The van der Waals surface area contributed by atoms with Crippen LogP contribution in [0.2, 0.25) is 0 Å². The van der Waals surface area contributed by atoms with Gasteiger partial charge in [-0.1, -0.05) is 6.07 Å². The lowest BCUT2D eigenvalue weighted by atomic mass is 10.0. The SMILES string of the molecule is Cl.Cl.O=C(c1ccc2c(c1)CNC2)N1CCC(N2CCCC2)CC1. The van der Waals surface area contributed by atoms with Gasteiger partial charge in [0.25, 0.3) is 5.91 Å². The largest absolute Gasteiger partial charge is 0.339 e. The van der Waals surface area contributed by atoms with Crippen molar-refractivity contribution < 1.29 is 4.79 Å². The molecule has 0 bridgehead atoms. The van der Waals surface area contributed by atoms with Crippen LogP contribution >= 0.6 is 24.8 Å². The van der Waals surface area contributed by atoms with E-state index in [1.54, 1.807) is 0 Å². The highest BCUT2D eigenvalue weighted by Crippen LogP contribution is 2.23. The number of halogens is 2. The molecule has 1 aromatic rings. The van der Waals surface area contributed by atoms with Gasteiger partial charge in [-0.25, -0.2) is 0 Å². The quantitative estimate of drug-likeness (QED) is 0.867. The van der Waals surface area contributed by atoms with Crippen LogP contribution in [0.1, 0.15) is 47.2 Å². The molecule has 0 spiro atoms. The number of hydrogen-bond acceptors (Lipinski definition) is 3. The van der Waals surface area contributed by atoms with Gasteiger partial charge < -0.3 is 15.1 Å². The molecule has 134 valence electrons. The molecule has 1 aromatic carbocycles. The summed E-state index contributed by atoms with van der Waals surface area (Å²) in [7, 11) is 0. The zero-order chi connectivity index (χ0) is 14.9. The van der Waals surface area contributed by atoms with E-state index in [4.69, 9.17) is 0 Å². The standard InChI is InChI=1S/C18H25N3O.2ClH/c22-18(14-3-4-15-12-19-13-16(15)11-14)21-9-5-17(6-10-21)20-7-1-2-8-20;;/h3-4,11,17,19H,1-2,5-10,12-13H2;2*1H. The van der Waals surface area contributed by atoms with Crippen LogP contribution in [0.4, 0.5) is 0 Å². The minimum Gasteiger partial charge on any atom is -0.339 e. The van der Waals surface area contributed by atoms with Crippen molar-refractivity contribution in [2.45, 2.75) is 44.8 Å². The number of likely N-dealkylation sites (tertiary alicyclic amines) is 2. The van der Waals surface area contributed by atoms with Crippen molar-refractivity contribution in [1.29, 1.82) is 0 Å². The number of nitrogens with one attached hydrogen (secondary N) is 1. The summed E-state index contributed by atoms with van der Waals surface area (Å²) in [4.78, 5) is 17.4. The van der Waals surface area contributed by atoms with Gasteiger partial charge in [0.2, 0.25) is 0 Å². The molecule has 4 rings (SSSR count). The first-order valence-electron chi connectivity index (χ1n) is 8.67. The Balaban J connectivity index is 0.00000104. The van der Waals surface area contributed by atoms with E-state index in [2.05, 4.69) is 27.2 Å². The number of carbonyl (C=O) groups is 1. The van der Waals surface area contributed by atoms with Crippen LogP contribution in [0.3, 0.4) is 0 Å². The predicted molar refractivity (Wildman–Crippen MR) is 101 cm³/mol. The van der Waals surface area contributed by atoms with Crippen LogP contribution in [-0.2, 0) is 13.1 Å². The molecular formula is C18H27Cl2N3O. The van der Waals surface area contributed by atoms with Gasteiger partial charge in [-0.2, -0.15) is 0 Å². The lowest BCUT2D eigenvalue weighted by Gasteiger charge is -2.36. The van der Waals surface area contributed by atoms with Crippen LogP contribution in [0.15, 0.2) is 18.2 Å². The van der Waals surface area contributed by atoms with Gasteiger partial charge in [-0.05, 0) is 62.0 Å². The van der Waals surface area contributed by atoms with Crippen molar-refractivity contribution in [1.82, 2.24) is 15.1 Å². The van der Waals surface area contributed by atoms with Gasteiger partial charge in [0.05, 0.1) is 0 Å². The molecule has 3 aliphatic heterocycles. The molecule has 0 aromatic heterocycles. The zero-order valence-electron chi connectivity index (χ0n) is 14.0. The van der Waals surface area contributed by atoms with Crippen molar-refractivity contribution in [2.75, 3.05) is 26.2 Å². The second-order valence-electron chi connectivity index (χ2n) is 6.85. The van der Waals surface area contributed by atoms with E-state index in [1.165, 1.54) is 37.1 Å². The average Bonchev–Trinajstić information content (AvgIpc) is 3.25. The van der Waals surface area contributed by atoms with E-state index in [9.17, 15) is 4.79 Å². The summed E-state index contributed by atoms with van der Waals surface area (Å²) in [6.45, 7) is 6.18. The summed E-state index contributed by atoms with van der Waals surface area (Å²) in [5.41, 5.74) is 3.49. The molecule has 0 aliphatic carbocycles. The summed E-state index contributed by atoms with van der Waals surface area (Å²) in [5, 5.41) is 3.34. The summed E-state index contributed by atoms with van der Waals surface area (Å²) < 4.78 is 0. The molecule has 1 N–H and O–H groups in total. The van der Waals surface area contributed by atoms with E-state index in [-0.39, 0.29) is 30.7 Å². The Morgan fingerprint density at radius 1 is 0.958 bits per heavy atom. The monoisotopic (exact) mass is 371 g/mol. The molecule has 0 radical (unpaired) electrons. The Kier molecular flexibility index (Phi) is 6.93. The van der Waals surface area contributed by atoms with E-state index in [0.29, 0.717) is 6.04 Å². The Morgan fingerprint density at radius 3 is 2.33 bits per heavy atom. The molecule has 2 fully saturated rings. The highest BCUT2D eigenvalue weighted by atomic mass is 35.5. The minimum atomic E-state index is 0. The molecule has 4 nitrogen and oxygen atoms in total. The summed E-state index contributed by atoms with van der Waals surface area (Å²) in [6, 6.07) is 6.90. The van der Waals surface area contributed by atoms with E-state index in [0.717, 1.165) is 44.6 Å². The Bertz CT molecular complexity index is 567. The van der Waals surface area contributed by atoms with Crippen molar-refractivity contribution in [3.8, 4) is 0 Å². The minimum absolute atomic E-state index is 0. The Labute approximate surface area is 156 Å². The lowest BCUT2D eigenvalue weighted by molar-refractivity contribution is 0.0644. The number of piperidine rings is 1. The lowest BCUT2D eigenvalue weighted by Crippen LogP contribution is -2.45. The number of hydrogen-bond donors (Lipinski definition) is 1. The molecule has 2 saturated heterocycles. The third-order valence-electron chi connectivity index (χ3n) is 5.49. The van der Waals surface area contributed by atoms with Crippen molar-refractivity contribution in [3.05, 3.63) is 34.9 Å². The van der Waals surface area contributed by atoms with Crippen molar-refractivity contribution >= 4 is 30.7 Å². The van der Waals surface area contributed by atoms with Gasteiger partial charge in [0.1, 0.15) is 0 Å². The highest BCUT2D eigenvalue weighted by Gasteiger charge is 2.28. The third-order valence-corrected chi connectivity index (χ3v) is 5.49. The molecule has 3 aliphatic rings. The maximum Gasteiger partial charge on any atom is 0.253 e. The fourth-order valence-corrected chi connectivity index (χ4v) is 4.15. The van der Waals surface area contributed by atoms with Gasteiger partial charge in [0, 0.05) is 37.8 Å². The topological polar surface area (TPSA) is 35.6 Å². The van der Waals surface area contributed by atoms with E-state index in [1.807, 2.05) is 6.07 Å². The maximum atomic E-state index is 12.7. The summed E-state index contributed by atoms with van der Waals surface area (Å²) >= 11 is 0. The number of nitrogens with zero attached hydrogens (tertiary/aromatic N) is 2. The molecule has 3 heterocycles. The number of fused-ring (bicyclic) bond motifs is 1. The first-order valence-corrected chi connectivity index (χ1v) is 8.67. The molecule has 24 heavy (non-hydrogen) atoms. The summed E-state index contributed by atoms with van der Waals surface area (Å²) in [6.07, 6.45) is 4.97. The number of rotatable bonds is 2. The molecule has 0 atom stereocenters. The zero-order valence-corrected chi connectivity index (χ0v) is 15.6. The first kappa shape index (κ1) is 19.5. The molecular weight excluding hydrogens is 345 g/mol. The van der Waals surface area contributed by atoms with Crippen LogP contribution in [0.25, 0.3) is 0 Å². The molecule has 6 heteroatoms. The van der Waals surface area contributed by atoms with Crippen molar-refractivity contribution in [3.63, 3.8) is 0 Å². The number of benzene rings is 1. The van der Waals surface area contributed by atoms with Crippen molar-refractivity contribution in [2.24, 2.45) is 0 Å². The van der Waals surface area contributed by atoms with Gasteiger partial charge in [-0.3, -0.25) is 4.79 Å². The highest BCUT2D eigenvalue weighted by molar-refractivity contribution is 5.94. The van der Waals surface area contributed by atoms with Gasteiger partial charge in [-0.15, -0.1) is 24.8 Å². The Morgan fingerprint density at radius 2 is 1.62 bits per heavy atom. The fourth-order valence-electron chi connectivity index (χ4n) is 4.15. The van der Waals surface area contributed by atoms with Crippen LogP contribution < -0.4 is 5.32 Å². The fraction of sp³-hybridized carbons (Fsp3) is 0.611. The average molecular weight is 372 g/mol. The van der Waals surface area contributed by atoms with E-state index < -0.39 is 0 Å². The Hall–Kier alpha value is -0.810. The predicted octanol–water partition coefficient (Wildman–Crippen LogP) is 2.83. The van der Waals surface area contributed by atoms with E-state index >= 15 is 0 Å². The van der Waals surface area contributed by atoms with Crippen LogP contribution in [-0.4, -0.2) is 47.9 Å². The maximum absolute atomic E-state index is 12.7. The molecule has 0 saturated carbocycles. The smallest absolute Gasteiger partial charge is 0.253 e.